The molecule has 0 radical (unpaired) electrons. The highest BCUT2D eigenvalue weighted by atomic mass is 16.4. The van der Waals surface area contributed by atoms with Crippen LogP contribution in [0.15, 0.2) is 0 Å². The number of carbonyl (C=O) groups is 3. The molecule has 3 amide bonds. The number of aliphatic carboxylic acids is 1. The molecule has 0 spiro atoms. The molecule has 0 saturated heterocycles. The molecule has 0 bridgehead atoms. The lowest BCUT2D eigenvalue weighted by molar-refractivity contribution is -0.137. The predicted molar refractivity (Wildman–Crippen MR) is 79.7 cm³/mol. The van der Waals surface area contributed by atoms with Crippen LogP contribution in [0, 0.1) is 5.92 Å². The summed E-state index contributed by atoms with van der Waals surface area (Å²) in [5.41, 5.74) is 5.19. The molecule has 0 aromatic carbocycles. The SMILES string of the molecule is CC(C)CN(CC(N)=O)C(=O)N(CCCC(=O)O)C(C)C. The number of carboxylic acids is 1. The van der Waals surface area contributed by atoms with E-state index in [9.17, 15) is 14.4 Å². The number of hydrogen-bond donors (Lipinski definition) is 2. The van der Waals surface area contributed by atoms with Crippen LogP contribution in [0.2, 0.25) is 0 Å². The van der Waals surface area contributed by atoms with Gasteiger partial charge in [0.2, 0.25) is 5.91 Å². The summed E-state index contributed by atoms with van der Waals surface area (Å²) in [6.45, 7) is 8.27. The average molecular weight is 301 g/mol. The Morgan fingerprint density at radius 1 is 1.14 bits per heavy atom. The summed E-state index contributed by atoms with van der Waals surface area (Å²) < 4.78 is 0. The molecule has 0 saturated carbocycles. The molecule has 7 heteroatoms. The molecule has 0 aromatic rings. The van der Waals surface area contributed by atoms with Crippen molar-refractivity contribution in [3.63, 3.8) is 0 Å². The molecule has 122 valence electrons. The van der Waals surface area contributed by atoms with Crippen LogP contribution < -0.4 is 5.73 Å². The Morgan fingerprint density at radius 3 is 2.10 bits per heavy atom. The molecule has 0 fully saturated rings. The molecule has 0 aliphatic carbocycles. The van der Waals surface area contributed by atoms with Gasteiger partial charge in [0.05, 0.1) is 0 Å². The molecule has 0 unspecified atom stereocenters. The topological polar surface area (TPSA) is 104 Å². The smallest absolute Gasteiger partial charge is 0.320 e. The minimum absolute atomic E-state index is 0.0104. The van der Waals surface area contributed by atoms with Crippen LogP contribution in [0.3, 0.4) is 0 Å². The van der Waals surface area contributed by atoms with Crippen LogP contribution in [0.5, 0.6) is 0 Å². The summed E-state index contributed by atoms with van der Waals surface area (Å²) in [7, 11) is 0. The lowest BCUT2D eigenvalue weighted by Crippen LogP contribution is -2.50. The maximum atomic E-state index is 12.5. The Labute approximate surface area is 126 Å². The van der Waals surface area contributed by atoms with Crippen molar-refractivity contribution in [2.75, 3.05) is 19.6 Å². The second kappa shape index (κ2) is 9.20. The molecule has 0 atom stereocenters. The maximum Gasteiger partial charge on any atom is 0.320 e. The summed E-state index contributed by atoms with van der Waals surface area (Å²) in [6, 6.07) is -0.350. The number of primary amides is 1. The van der Waals surface area contributed by atoms with Crippen LogP contribution >= 0.6 is 0 Å². The average Bonchev–Trinajstić information content (AvgIpc) is 2.31. The second-order valence-corrected chi connectivity index (χ2v) is 5.81. The zero-order valence-electron chi connectivity index (χ0n) is 13.3. The van der Waals surface area contributed by atoms with E-state index in [0.29, 0.717) is 19.5 Å². The molecule has 0 heterocycles. The molecular formula is C14H27N3O4. The van der Waals surface area contributed by atoms with Gasteiger partial charge < -0.3 is 20.6 Å². The molecule has 21 heavy (non-hydrogen) atoms. The lowest BCUT2D eigenvalue weighted by atomic mass is 10.2. The van der Waals surface area contributed by atoms with Gasteiger partial charge in [-0.2, -0.15) is 0 Å². The number of carboxylic acid groups (broad SMARTS) is 1. The van der Waals surface area contributed by atoms with Gasteiger partial charge in [-0.15, -0.1) is 0 Å². The third-order valence-electron chi connectivity index (χ3n) is 2.86. The van der Waals surface area contributed by atoms with E-state index in [1.54, 1.807) is 4.90 Å². The van der Waals surface area contributed by atoms with Gasteiger partial charge in [-0.05, 0) is 26.2 Å². The first-order chi connectivity index (χ1) is 9.65. The van der Waals surface area contributed by atoms with Crippen molar-refractivity contribution < 1.29 is 19.5 Å². The number of hydrogen-bond acceptors (Lipinski definition) is 3. The molecule has 0 aliphatic rings. The Kier molecular flexibility index (Phi) is 8.42. The summed E-state index contributed by atoms with van der Waals surface area (Å²) in [6.07, 6.45) is 0.391. The van der Waals surface area contributed by atoms with Gasteiger partial charge in [0, 0.05) is 25.6 Å². The van der Waals surface area contributed by atoms with Gasteiger partial charge in [0.15, 0.2) is 0 Å². The van der Waals surface area contributed by atoms with E-state index in [1.165, 1.54) is 4.90 Å². The Balaban J connectivity index is 4.85. The number of nitrogens with zero attached hydrogens (tertiary/aromatic N) is 2. The monoisotopic (exact) mass is 301 g/mol. The first-order valence-electron chi connectivity index (χ1n) is 7.20. The molecule has 0 aliphatic heterocycles. The van der Waals surface area contributed by atoms with Crippen molar-refractivity contribution in [3.8, 4) is 0 Å². The summed E-state index contributed by atoms with van der Waals surface area (Å²) in [4.78, 5) is 37.2. The van der Waals surface area contributed by atoms with Crippen LogP contribution in [-0.2, 0) is 9.59 Å². The number of rotatable bonds is 9. The first-order valence-corrected chi connectivity index (χ1v) is 7.20. The number of amides is 3. The summed E-state index contributed by atoms with van der Waals surface area (Å²) in [5.74, 6) is -1.23. The second-order valence-electron chi connectivity index (χ2n) is 5.81. The zero-order valence-corrected chi connectivity index (χ0v) is 13.3. The van der Waals surface area contributed by atoms with Crippen molar-refractivity contribution in [3.05, 3.63) is 0 Å². The van der Waals surface area contributed by atoms with Crippen molar-refractivity contribution in [2.45, 2.75) is 46.6 Å². The fraction of sp³-hybridized carbons (Fsp3) is 0.786. The van der Waals surface area contributed by atoms with Crippen molar-refractivity contribution in [1.29, 1.82) is 0 Å². The van der Waals surface area contributed by atoms with Gasteiger partial charge in [0.25, 0.3) is 0 Å². The standard InChI is InChI=1S/C14H27N3O4/c1-10(2)8-16(9-12(15)18)14(21)17(11(3)4)7-5-6-13(19)20/h10-11H,5-9H2,1-4H3,(H2,15,18)(H,19,20). The molecule has 0 rings (SSSR count). The van der Waals surface area contributed by atoms with E-state index >= 15 is 0 Å². The lowest BCUT2D eigenvalue weighted by Gasteiger charge is -2.33. The van der Waals surface area contributed by atoms with Crippen LogP contribution in [0.4, 0.5) is 4.79 Å². The quantitative estimate of drug-likeness (QED) is 0.666. The van der Waals surface area contributed by atoms with E-state index in [2.05, 4.69) is 0 Å². The minimum atomic E-state index is -0.887. The van der Waals surface area contributed by atoms with Crippen LogP contribution in [-0.4, -0.2) is 58.5 Å². The van der Waals surface area contributed by atoms with E-state index in [4.69, 9.17) is 10.8 Å². The largest absolute Gasteiger partial charge is 0.481 e. The number of carbonyl (C=O) groups excluding carboxylic acids is 2. The third-order valence-corrected chi connectivity index (χ3v) is 2.86. The molecule has 0 aromatic heterocycles. The van der Waals surface area contributed by atoms with Gasteiger partial charge in [-0.1, -0.05) is 13.8 Å². The van der Waals surface area contributed by atoms with Crippen LogP contribution in [0.25, 0.3) is 0 Å². The Morgan fingerprint density at radius 2 is 1.71 bits per heavy atom. The van der Waals surface area contributed by atoms with Gasteiger partial charge in [-0.3, -0.25) is 9.59 Å². The Hall–Kier alpha value is -1.79. The van der Waals surface area contributed by atoms with Crippen molar-refractivity contribution >= 4 is 17.9 Å². The summed E-state index contributed by atoms with van der Waals surface area (Å²) >= 11 is 0. The maximum absolute atomic E-state index is 12.5. The Bertz CT molecular complexity index is 369. The normalized spacial score (nSPS) is 10.8. The van der Waals surface area contributed by atoms with Gasteiger partial charge in [-0.25, -0.2) is 4.79 Å². The zero-order chi connectivity index (χ0) is 16.6. The fourth-order valence-corrected chi connectivity index (χ4v) is 2.00. The van der Waals surface area contributed by atoms with Crippen LogP contribution in [0.1, 0.15) is 40.5 Å². The van der Waals surface area contributed by atoms with E-state index < -0.39 is 11.9 Å². The van der Waals surface area contributed by atoms with E-state index in [1.807, 2.05) is 27.7 Å². The highest BCUT2D eigenvalue weighted by Crippen LogP contribution is 2.09. The van der Waals surface area contributed by atoms with E-state index in [0.717, 1.165) is 0 Å². The third kappa shape index (κ3) is 8.16. The highest BCUT2D eigenvalue weighted by Gasteiger charge is 2.24. The van der Waals surface area contributed by atoms with Crippen molar-refractivity contribution in [2.24, 2.45) is 11.7 Å². The molecular weight excluding hydrogens is 274 g/mol. The first kappa shape index (κ1) is 19.2. The summed E-state index contributed by atoms with van der Waals surface area (Å²) in [5, 5.41) is 8.68. The number of nitrogens with two attached hydrogens (primary N) is 1. The van der Waals surface area contributed by atoms with Gasteiger partial charge in [0.1, 0.15) is 6.54 Å². The minimum Gasteiger partial charge on any atom is -0.481 e. The van der Waals surface area contributed by atoms with Crippen molar-refractivity contribution in [1.82, 2.24) is 9.80 Å². The predicted octanol–water partition coefficient (Wildman–Crippen LogP) is 1.12. The number of urea groups is 1. The highest BCUT2D eigenvalue weighted by molar-refractivity contribution is 5.83. The molecule has 3 N–H and O–H groups in total. The van der Waals surface area contributed by atoms with Gasteiger partial charge >= 0.3 is 12.0 Å². The molecule has 7 nitrogen and oxygen atoms in total. The fourth-order valence-electron chi connectivity index (χ4n) is 2.00. The van der Waals surface area contributed by atoms with E-state index in [-0.39, 0.29) is 31.0 Å².